The van der Waals surface area contributed by atoms with E-state index in [1.807, 2.05) is 19.1 Å². The van der Waals surface area contributed by atoms with Crippen LogP contribution in [0.1, 0.15) is 12.5 Å². The summed E-state index contributed by atoms with van der Waals surface area (Å²) < 4.78 is 5.00. The Bertz CT molecular complexity index is 677. The highest BCUT2D eigenvalue weighted by molar-refractivity contribution is 7.99. The molecule has 0 bridgehead atoms. The molecule has 24 heavy (non-hydrogen) atoms. The summed E-state index contributed by atoms with van der Waals surface area (Å²) in [5, 5.41) is 10.6. The molecule has 0 aromatic heterocycles. The van der Waals surface area contributed by atoms with Gasteiger partial charge in [-0.2, -0.15) is 16.6 Å². The van der Waals surface area contributed by atoms with Crippen molar-refractivity contribution in [2.75, 3.05) is 18.1 Å². The fraction of sp³-hybridized carbons (Fsp3) is 0.250. The minimum atomic E-state index is -0.734. The maximum Gasteiger partial charge on any atom is 0.421 e. The van der Waals surface area contributed by atoms with E-state index in [0.29, 0.717) is 11.3 Å². The van der Waals surface area contributed by atoms with E-state index in [4.69, 9.17) is 10.3 Å². The quantitative estimate of drug-likeness (QED) is 0.0997. The molecule has 1 aromatic carbocycles. The van der Waals surface area contributed by atoms with Gasteiger partial charge in [0.2, 0.25) is 0 Å². The van der Waals surface area contributed by atoms with Crippen LogP contribution < -0.4 is 0 Å². The molecule has 8 heteroatoms. The van der Waals surface area contributed by atoms with E-state index in [2.05, 4.69) is 4.79 Å². The monoisotopic (exact) mass is 347 g/mol. The van der Waals surface area contributed by atoms with E-state index in [1.54, 1.807) is 11.8 Å². The minimum absolute atomic E-state index is 0.0296. The second-order valence-corrected chi connectivity index (χ2v) is 5.60. The highest BCUT2D eigenvalue weighted by Gasteiger charge is 2.18. The number of nitrogens with zero attached hydrogens (tertiary/aromatic N) is 3. The van der Waals surface area contributed by atoms with Crippen molar-refractivity contribution in [1.82, 2.24) is 0 Å². The van der Waals surface area contributed by atoms with E-state index in [0.717, 1.165) is 5.75 Å². The first-order valence-corrected chi connectivity index (χ1v) is 8.24. The molecule has 126 valence electrons. The first-order chi connectivity index (χ1) is 11.6. The molecule has 0 unspecified atom stereocenters. The molecule has 0 spiro atoms. The summed E-state index contributed by atoms with van der Waals surface area (Å²) >= 11 is 1.61. The number of hydrogen-bond acceptors (Lipinski definition) is 5. The van der Waals surface area contributed by atoms with Crippen LogP contribution in [0.3, 0.4) is 0 Å². The second kappa shape index (κ2) is 10.9. The fourth-order valence-electron chi connectivity index (χ4n) is 1.54. The summed E-state index contributed by atoms with van der Waals surface area (Å²) in [5.41, 5.74) is 9.24. The van der Waals surface area contributed by atoms with Crippen molar-refractivity contribution in [2.45, 2.75) is 6.92 Å². The molecule has 0 radical (unpaired) electrons. The maximum absolute atomic E-state index is 11.8. The van der Waals surface area contributed by atoms with Gasteiger partial charge in [0, 0.05) is 29.7 Å². The first-order valence-electron chi connectivity index (χ1n) is 7.09. The highest BCUT2D eigenvalue weighted by Crippen LogP contribution is 2.12. The number of nitro benzene ring substituents is 1. The van der Waals surface area contributed by atoms with Crippen LogP contribution in [0.5, 0.6) is 0 Å². The largest absolute Gasteiger partial charge is 0.456 e. The molecule has 0 atom stereocenters. The number of thioether (sulfide) groups is 1. The zero-order chi connectivity index (χ0) is 17.8. The number of ether oxygens (including phenoxy) is 1. The Hall–Kier alpha value is -2.70. The van der Waals surface area contributed by atoms with E-state index in [9.17, 15) is 14.9 Å². The Labute approximate surface area is 143 Å². The standard InChI is InChI=1S/C16H17N3O4S/c1-2-3-11-24-12-10-23-16(20)15(18-17)9-6-13-4-7-14(8-5-13)19(21)22/h2-9H,10-12H2,1H3/b3-2+,9-6+. The average molecular weight is 347 g/mol. The SMILES string of the molecule is C/C=C/CSCCOC(=O)C(/C=C/c1ccc([N+](=O)[O-])cc1)=[N+]=[N-]. The number of hydrogen-bond donors (Lipinski definition) is 0. The van der Waals surface area contributed by atoms with Gasteiger partial charge in [0.15, 0.2) is 0 Å². The molecule has 0 saturated carbocycles. The van der Waals surface area contributed by atoms with Crippen LogP contribution in [0, 0.1) is 10.1 Å². The molecule has 0 aliphatic carbocycles. The maximum atomic E-state index is 11.8. The van der Waals surface area contributed by atoms with Crippen LogP contribution in [0.4, 0.5) is 5.69 Å². The van der Waals surface area contributed by atoms with Crippen molar-refractivity contribution in [1.29, 1.82) is 0 Å². The number of esters is 1. The first kappa shape index (κ1) is 19.3. The smallest absolute Gasteiger partial charge is 0.421 e. The normalized spacial score (nSPS) is 10.7. The molecule has 0 aliphatic heterocycles. The van der Waals surface area contributed by atoms with Gasteiger partial charge in [0.25, 0.3) is 5.69 Å². The molecule has 0 amide bonds. The van der Waals surface area contributed by atoms with Crippen molar-refractivity contribution in [3.05, 3.63) is 63.7 Å². The van der Waals surface area contributed by atoms with Gasteiger partial charge < -0.3 is 10.3 Å². The third kappa shape index (κ3) is 7.04. The van der Waals surface area contributed by atoms with Gasteiger partial charge in [0.1, 0.15) is 6.61 Å². The molecule has 0 fully saturated rings. The zero-order valence-electron chi connectivity index (χ0n) is 13.1. The van der Waals surface area contributed by atoms with Crippen molar-refractivity contribution in [2.24, 2.45) is 0 Å². The van der Waals surface area contributed by atoms with Gasteiger partial charge in [-0.3, -0.25) is 10.1 Å². The molecule has 0 aliphatic rings. The lowest BCUT2D eigenvalue weighted by molar-refractivity contribution is -0.384. The number of benzene rings is 1. The van der Waals surface area contributed by atoms with Gasteiger partial charge in [-0.05, 0) is 30.7 Å². The third-order valence-corrected chi connectivity index (χ3v) is 3.65. The summed E-state index contributed by atoms with van der Waals surface area (Å²) in [6, 6.07) is 5.73. The van der Waals surface area contributed by atoms with Crippen molar-refractivity contribution in [3.63, 3.8) is 0 Å². The molecular formula is C16H17N3O4S. The van der Waals surface area contributed by atoms with Gasteiger partial charge in [-0.25, -0.2) is 4.79 Å². The van der Waals surface area contributed by atoms with Crippen LogP contribution >= 0.6 is 11.8 Å². The van der Waals surface area contributed by atoms with E-state index in [1.165, 1.54) is 36.4 Å². The lowest BCUT2D eigenvalue weighted by Crippen LogP contribution is -2.17. The summed E-state index contributed by atoms with van der Waals surface area (Å²) in [4.78, 5) is 24.7. The van der Waals surface area contributed by atoms with Crippen LogP contribution in [-0.2, 0) is 9.53 Å². The van der Waals surface area contributed by atoms with E-state index >= 15 is 0 Å². The molecule has 0 saturated heterocycles. The van der Waals surface area contributed by atoms with Crippen molar-refractivity contribution in [3.8, 4) is 0 Å². The van der Waals surface area contributed by atoms with Gasteiger partial charge in [-0.15, -0.1) is 0 Å². The van der Waals surface area contributed by atoms with Gasteiger partial charge in [-0.1, -0.05) is 12.2 Å². The Kier molecular flexibility index (Phi) is 8.81. The second-order valence-electron chi connectivity index (χ2n) is 4.45. The molecular weight excluding hydrogens is 330 g/mol. The lowest BCUT2D eigenvalue weighted by Gasteiger charge is -1.99. The summed E-state index contributed by atoms with van der Waals surface area (Å²) in [6.07, 6.45) is 6.73. The Balaban J connectivity index is 2.52. The summed E-state index contributed by atoms with van der Waals surface area (Å²) in [5.74, 6) is 0.748. The summed E-state index contributed by atoms with van der Waals surface area (Å²) in [6.45, 7) is 2.15. The summed E-state index contributed by atoms with van der Waals surface area (Å²) in [7, 11) is 0. The minimum Gasteiger partial charge on any atom is -0.456 e. The highest BCUT2D eigenvalue weighted by atomic mass is 32.2. The number of nitro groups is 1. The van der Waals surface area contributed by atoms with Crippen molar-refractivity contribution >= 4 is 35.2 Å². The lowest BCUT2D eigenvalue weighted by atomic mass is 10.2. The van der Waals surface area contributed by atoms with Gasteiger partial charge >= 0.3 is 11.7 Å². The predicted octanol–water partition coefficient (Wildman–Crippen LogP) is 3.13. The number of rotatable bonds is 9. The molecule has 1 aromatic rings. The number of allylic oxidation sites excluding steroid dienone is 1. The Morgan fingerprint density at radius 2 is 2.12 bits per heavy atom. The molecule has 7 nitrogen and oxygen atoms in total. The van der Waals surface area contributed by atoms with E-state index < -0.39 is 10.9 Å². The molecule has 0 N–H and O–H groups in total. The van der Waals surface area contributed by atoms with Crippen LogP contribution in [0.2, 0.25) is 0 Å². The topological polar surface area (TPSA) is 106 Å². The van der Waals surface area contributed by atoms with Crippen LogP contribution in [0.25, 0.3) is 11.6 Å². The van der Waals surface area contributed by atoms with Crippen molar-refractivity contribution < 1.29 is 19.2 Å². The van der Waals surface area contributed by atoms with Crippen LogP contribution in [0.15, 0.2) is 42.5 Å². The zero-order valence-corrected chi connectivity index (χ0v) is 13.9. The number of carbonyl (C=O) groups excluding carboxylic acids is 1. The fourth-order valence-corrected chi connectivity index (χ4v) is 2.24. The van der Waals surface area contributed by atoms with Gasteiger partial charge in [0.05, 0.1) is 4.92 Å². The number of non-ortho nitro benzene ring substituents is 1. The Morgan fingerprint density at radius 1 is 1.42 bits per heavy atom. The molecule has 0 heterocycles. The van der Waals surface area contributed by atoms with Crippen LogP contribution in [-0.4, -0.2) is 39.5 Å². The third-order valence-electron chi connectivity index (χ3n) is 2.77. The van der Waals surface area contributed by atoms with E-state index in [-0.39, 0.29) is 18.0 Å². The Morgan fingerprint density at radius 3 is 2.71 bits per heavy atom. The predicted molar refractivity (Wildman–Crippen MR) is 93.9 cm³/mol. The average Bonchev–Trinajstić information content (AvgIpc) is 2.59. The molecule has 1 rings (SSSR count). The number of carbonyl (C=O) groups is 1.